The van der Waals surface area contributed by atoms with Crippen LogP contribution in [0.2, 0.25) is 0 Å². The Bertz CT molecular complexity index is 4350. The molecule has 3 heteroatoms. The van der Waals surface area contributed by atoms with Gasteiger partial charge >= 0.3 is 0 Å². The average molecular weight is 969 g/mol. The van der Waals surface area contributed by atoms with E-state index in [1.165, 1.54) is 66.3 Å². The molecule has 2 aliphatic rings. The van der Waals surface area contributed by atoms with E-state index in [0.29, 0.717) is 0 Å². The number of ether oxygens (including phenoxy) is 1. The summed E-state index contributed by atoms with van der Waals surface area (Å²) in [5.41, 5.74) is 22.6. The number of benzene rings is 12. The second kappa shape index (κ2) is 17.6. The van der Waals surface area contributed by atoms with Gasteiger partial charge in [0.15, 0.2) is 0 Å². The minimum Gasteiger partial charge on any atom is -0.457 e. The Balaban J connectivity index is 0.960. The highest BCUT2D eigenvalue weighted by Crippen LogP contribution is 2.63. The molecule has 1 spiro atoms. The van der Waals surface area contributed by atoms with E-state index in [1.807, 2.05) is 0 Å². The van der Waals surface area contributed by atoms with E-state index in [1.54, 1.807) is 0 Å². The molecule has 0 saturated carbocycles. The zero-order valence-corrected chi connectivity index (χ0v) is 41.5. The van der Waals surface area contributed by atoms with Gasteiger partial charge in [-0.05, 0) is 128 Å². The molecule has 0 N–H and O–H groups in total. The van der Waals surface area contributed by atoms with Crippen molar-refractivity contribution in [3.05, 3.63) is 313 Å². The minimum absolute atomic E-state index is 0.579. The number of rotatable bonds is 8. The Labute approximate surface area is 442 Å². The standard InChI is InChI=1S/C73H48N2O/c1-3-22-49(23-4-1)55-28-7-8-29-56(55)57-30-9-10-31-58(57)60-33-12-17-38-68(60)74(53-27-21-24-50(46-53)51-42-44-62-61-34-13-18-39-69(61)75(70(62)47-51)52-25-5-2-6-26-52)54-43-45-65-63(48-54)59-32-11-14-35-64(59)73(65)66-36-15-19-40-71(66)76-72-41-20-16-37-67(72)73/h1-48H. The molecule has 2 heterocycles. The van der Waals surface area contributed by atoms with E-state index in [0.717, 1.165) is 67.6 Å². The monoisotopic (exact) mass is 968 g/mol. The highest BCUT2D eigenvalue weighted by molar-refractivity contribution is 6.10. The molecule has 12 aromatic carbocycles. The lowest BCUT2D eigenvalue weighted by atomic mass is 9.66. The fourth-order valence-corrected chi connectivity index (χ4v) is 12.7. The Morgan fingerprint density at radius 1 is 0.289 bits per heavy atom. The minimum atomic E-state index is -0.579. The van der Waals surface area contributed by atoms with Crippen LogP contribution in [-0.2, 0) is 5.41 Å². The molecule has 1 aliphatic carbocycles. The first-order valence-electron chi connectivity index (χ1n) is 26.2. The van der Waals surface area contributed by atoms with Crippen LogP contribution in [0, 0.1) is 0 Å². The maximum atomic E-state index is 6.71. The number of anilines is 3. The first-order valence-corrected chi connectivity index (χ1v) is 26.2. The molecule has 0 atom stereocenters. The lowest BCUT2D eigenvalue weighted by molar-refractivity contribution is 0.436. The van der Waals surface area contributed by atoms with Crippen molar-refractivity contribution in [1.29, 1.82) is 0 Å². The molecule has 3 nitrogen and oxygen atoms in total. The van der Waals surface area contributed by atoms with Crippen LogP contribution in [0.1, 0.15) is 22.3 Å². The topological polar surface area (TPSA) is 17.4 Å². The summed E-state index contributed by atoms with van der Waals surface area (Å²) >= 11 is 0. The number of hydrogen-bond donors (Lipinski definition) is 0. The van der Waals surface area contributed by atoms with Gasteiger partial charge in [-0.2, -0.15) is 0 Å². The zero-order chi connectivity index (χ0) is 50.2. The summed E-state index contributed by atoms with van der Waals surface area (Å²) in [7, 11) is 0. The van der Waals surface area contributed by atoms with Gasteiger partial charge in [0, 0.05) is 44.5 Å². The van der Waals surface area contributed by atoms with Crippen molar-refractivity contribution in [2.75, 3.05) is 4.90 Å². The Hall–Kier alpha value is -9.96. The van der Waals surface area contributed by atoms with Crippen LogP contribution < -0.4 is 9.64 Å². The van der Waals surface area contributed by atoms with E-state index in [9.17, 15) is 0 Å². The van der Waals surface area contributed by atoms with E-state index in [4.69, 9.17) is 4.74 Å². The van der Waals surface area contributed by atoms with Crippen molar-refractivity contribution in [2.24, 2.45) is 0 Å². The normalized spacial score (nSPS) is 12.7. The van der Waals surface area contributed by atoms with Crippen LogP contribution in [0.25, 0.3) is 83.1 Å². The molecule has 0 saturated heterocycles. The average Bonchev–Trinajstić information content (AvgIpc) is 4.18. The summed E-state index contributed by atoms with van der Waals surface area (Å²) in [6.45, 7) is 0. The molecule has 0 radical (unpaired) electrons. The number of aromatic nitrogens is 1. The van der Waals surface area contributed by atoms with Crippen LogP contribution >= 0.6 is 0 Å². The summed E-state index contributed by atoms with van der Waals surface area (Å²) < 4.78 is 9.11. The molecule has 356 valence electrons. The third-order valence-electron chi connectivity index (χ3n) is 15.9. The molecule has 76 heavy (non-hydrogen) atoms. The number of para-hydroxylation sites is 5. The van der Waals surface area contributed by atoms with Gasteiger partial charge in [-0.1, -0.05) is 224 Å². The summed E-state index contributed by atoms with van der Waals surface area (Å²) in [5.74, 6) is 1.77. The van der Waals surface area contributed by atoms with Crippen LogP contribution in [0.5, 0.6) is 11.5 Å². The Morgan fingerprint density at radius 2 is 0.803 bits per heavy atom. The third kappa shape index (κ3) is 6.69. The molecule has 0 unspecified atom stereocenters. The third-order valence-corrected chi connectivity index (χ3v) is 15.9. The van der Waals surface area contributed by atoms with Gasteiger partial charge < -0.3 is 14.2 Å². The van der Waals surface area contributed by atoms with Crippen molar-refractivity contribution in [3.8, 4) is 72.8 Å². The number of hydrogen-bond acceptors (Lipinski definition) is 2. The van der Waals surface area contributed by atoms with Crippen LogP contribution in [0.15, 0.2) is 291 Å². The molecule has 0 fully saturated rings. The lowest BCUT2D eigenvalue weighted by Crippen LogP contribution is -2.32. The highest BCUT2D eigenvalue weighted by Gasteiger charge is 2.51. The molecular formula is C73H48N2O. The summed E-state index contributed by atoms with van der Waals surface area (Å²) in [6.07, 6.45) is 0. The molecular weight excluding hydrogens is 921 g/mol. The second-order valence-corrected chi connectivity index (χ2v) is 19.9. The van der Waals surface area contributed by atoms with Crippen molar-refractivity contribution in [1.82, 2.24) is 4.57 Å². The highest BCUT2D eigenvalue weighted by atomic mass is 16.5. The Kier molecular flexibility index (Phi) is 10.1. The van der Waals surface area contributed by atoms with Crippen LogP contribution in [-0.4, -0.2) is 4.57 Å². The van der Waals surface area contributed by atoms with Gasteiger partial charge in [-0.3, -0.25) is 0 Å². The Morgan fingerprint density at radius 3 is 1.55 bits per heavy atom. The largest absolute Gasteiger partial charge is 0.457 e. The maximum Gasteiger partial charge on any atom is 0.132 e. The summed E-state index contributed by atoms with van der Waals surface area (Å²) in [4.78, 5) is 2.48. The lowest BCUT2D eigenvalue weighted by Gasteiger charge is -2.39. The molecule has 15 rings (SSSR count). The number of nitrogens with zero attached hydrogens (tertiary/aromatic N) is 2. The van der Waals surface area contributed by atoms with E-state index in [-0.39, 0.29) is 0 Å². The predicted molar refractivity (Wildman–Crippen MR) is 315 cm³/mol. The van der Waals surface area contributed by atoms with E-state index < -0.39 is 5.41 Å². The fraction of sp³-hybridized carbons (Fsp3) is 0.0137. The number of fused-ring (bicyclic) bond motifs is 12. The van der Waals surface area contributed by atoms with E-state index >= 15 is 0 Å². The second-order valence-electron chi connectivity index (χ2n) is 19.9. The van der Waals surface area contributed by atoms with Crippen LogP contribution in [0.4, 0.5) is 17.1 Å². The molecule has 1 aromatic heterocycles. The van der Waals surface area contributed by atoms with Gasteiger partial charge in [0.25, 0.3) is 0 Å². The smallest absolute Gasteiger partial charge is 0.132 e. The van der Waals surface area contributed by atoms with Gasteiger partial charge in [-0.15, -0.1) is 0 Å². The van der Waals surface area contributed by atoms with Crippen LogP contribution in [0.3, 0.4) is 0 Å². The SMILES string of the molecule is c1ccc(-c2ccccc2-c2ccccc2-c2ccccc2N(c2cccc(-c3ccc4c5ccccc5n(-c5ccccc5)c4c3)c2)c2ccc3c(c2)-c2ccccc2C32c3ccccc3Oc3ccccc32)cc1. The first-order chi connectivity index (χ1) is 37.7. The summed E-state index contributed by atoms with van der Waals surface area (Å²) in [5, 5.41) is 2.47. The predicted octanol–water partition coefficient (Wildman–Crippen LogP) is 19.4. The van der Waals surface area contributed by atoms with Crippen molar-refractivity contribution >= 4 is 38.9 Å². The van der Waals surface area contributed by atoms with Crippen molar-refractivity contribution < 1.29 is 4.74 Å². The van der Waals surface area contributed by atoms with Gasteiger partial charge in [-0.25, -0.2) is 0 Å². The van der Waals surface area contributed by atoms with Gasteiger partial charge in [0.2, 0.25) is 0 Å². The quantitative estimate of drug-likeness (QED) is 0.151. The van der Waals surface area contributed by atoms with Gasteiger partial charge in [0.05, 0.1) is 22.1 Å². The molecule has 0 bridgehead atoms. The first kappa shape index (κ1) is 43.6. The summed E-state index contributed by atoms with van der Waals surface area (Å²) in [6, 6.07) is 106. The van der Waals surface area contributed by atoms with Crippen molar-refractivity contribution in [2.45, 2.75) is 5.41 Å². The van der Waals surface area contributed by atoms with Crippen molar-refractivity contribution in [3.63, 3.8) is 0 Å². The molecule has 13 aromatic rings. The zero-order valence-electron chi connectivity index (χ0n) is 41.5. The van der Waals surface area contributed by atoms with Gasteiger partial charge in [0.1, 0.15) is 11.5 Å². The fourth-order valence-electron chi connectivity index (χ4n) is 12.7. The maximum absolute atomic E-state index is 6.71. The van der Waals surface area contributed by atoms with E-state index in [2.05, 4.69) is 301 Å². The molecule has 1 aliphatic heterocycles. The molecule has 0 amide bonds.